The average Bonchev–Trinajstić information content (AvgIpc) is 2.40. The monoisotopic (exact) mass is 354 g/mol. The minimum atomic E-state index is -0.576. The van der Waals surface area contributed by atoms with Crippen LogP contribution in [0.1, 0.15) is 18.5 Å². The Balaban J connectivity index is 2.32. The molecule has 0 radical (unpaired) electrons. The van der Waals surface area contributed by atoms with Gasteiger partial charge in [0.1, 0.15) is 5.75 Å². The number of hydrogen-bond acceptors (Lipinski definition) is 4. The number of hydrogen-bond donors (Lipinski definition) is 1. The highest BCUT2D eigenvalue weighted by Crippen LogP contribution is 2.31. The minimum absolute atomic E-state index is 0.0215. The van der Waals surface area contributed by atoms with E-state index in [1.165, 1.54) is 30.3 Å². The molecule has 0 aromatic heterocycles. The summed E-state index contributed by atoms with van der Waals surface area (Å²) >= 11 is 3.15. The number of benzene rings is 2. The van der Waals surface area contributed by atoms with Gasteiger partial charge in [0.25, 0.3) is 5.69 Å². The van der Waals surface area contributed by atoms with Crippen molar-refractivity contribution < 1.29 is 14.1 Å². The Hall–Kier alpha value is -1.99. The molecule has 0 heterocycles. The van der Waals surface area contributed by atoms with Gasteiger partial charge in [-0.05, 0) is 30.7 Å². The maximum atomic E-state index is 13.9. The third kappa shape index (κ3) is 3.77. The van der Waals surface area contributed by atoms with Crippen LogP contribution in [-0.4, -0.2) is 4.92 Å². The first-order chi connectivity index (χ1) is 9.86. The zero-order valence-electron chi connectivity index (χ0n) is 11.0. The number of ether oxygens (including phenoxy) is 1. The van der Waals surface area contributed by atoms with Crippen LogP contribution in [0.2, 0.25) is 0 Å². The maximum Gasteiger partial charge on any atom is 0.274 e. The van der Waals surface area contributed by atoms with Gasteiger partial charge in [0.2, 0.25) is 0 Å². The predicted octanol–water partition coefficient (Wildman–Crippen LogP) is 4.31. The average molecular weight is 355 g/mol. The summed E-state index contributed by atoms with van der Waals surface area (Å²) in [6.45, 7) is 1.74. The smallest absolute Gasteiger partial charge is 0.274 e. The highest BCUT2D eigenvalue weighted by molar-refractivity contribution is 9.10. The maximum absolute atomic E-state index is 13.9. The Morgan fingerprint density at radius 3 is 2.62 bits per heavy atom. The molecule has 0 amide bonds. The summed E-state index contributed by atoms with van der Waals surface area (Å²) in [5, 5.41) is 10.8. The van der Waals surface area contributed by atoms with Crippen molar-refractivity contribution in [2.75, 3.05) is 0 Å². The van der Waals surface area contributed by atoms with Gasteiger partial charge in [-0.25, -0.2) is 4.39 Å². The van der Waals surface area contributed by atoms with Gasteiger partial charge in [-0.2, -0.15) is 0 Å². The topological polar surface area (TPSA) is 78.4 Å². The Bertz CT molecular complexity index is 692. The third-order valence-electron chi connectivity index (χ3n) is 2.78. The number of nitrogens with two attached hydrogens (primary N) is 1. The van der Waals surface area contributed by atoms with E-state index in [1.54, 1.807) is 13.0 Å². The molecular formula is C14H12BrFN2O3. The fraction of sp³-hybridized carbons (Fsp3) is 0.143. The van der Waals surface area contributed by atoms with Gasteiger partial charge in [0.15, 0.2) is 11.6 Å². The van der Waals surface area contributed by atoms with Gasteiger partial charge < -0.3 is 10.5 Å². The summed E-state index contributed by atoms with van der Waals surface area (Å²) in [5.41, 5.74) is 6.16. The number of rotatable bonds is 4. The molecule has 0 saturated heterocycles. The highest BCUT2D eigenvalue weighted by Gasteiger charge is 2.13. The van der Waals surface area contributed by atoms with E-state index >= 15 is 0 Å². The molecule has 0 aliphatic heterocycles. The Labute approximate surface area is 128 Å². The lowest BCUT2D eigenvalue weighted by Gasteiger charge is -2.10. The molecule has 0 aliphatic carbocycles. The second-order valence-electron chi connectivity index (χ2n) is 4.48. The zero-order valence-corrected chi connectivity index (χ0v) is 12.6. The molecular weight excluding hydrogens is 343 g/mol. The zero-order chi connectivity index (χ0) is 15.6. The Kier molecular flexibility index (Phi) is 4.54. The van der Waals surface area contributed by atoms with Crippen molar-refractivity contribution in [3.05, 3.63) is 62.4 Å². The third-order valence-corrected chi connectivity index (χ3v) is 3.23. The molecule has 21 heavy (non-hydrogen) atoms. The molecule has 1 atom stereocenters. The molecule has 2 rings (SSSR count). The molecule has 110 valence electrons. The second kappa shape index (κ2) is 6.19. The van der Waals surface area contributed by atoms with Gasteiger partial charge in [-0.1, -0.05) is 22.0 Å². The number of nitrogens with zero attached hydrogens (tertiary/aromatic N) is 1. The van der Waals surface area contributed by atoms with Gasteiger partial charge in [0, 0.05) is 16.6 Å². The quantitative estimate of drug-likeness (QED) is 0.655. The standard InChI is InChI=1S/C14H12BrFN2O3/c1-8(17)9-2-3-14(13(16)4-9)21-12-6-10(15)5-11(7-12)18(19)20/h2-8H,17H2,1H3/t8-/m0/s1. The van der Waals surface area contributed by atoms with Crippen molar-refractivity contribution in [3.8, 4) is 11.5 Å². The number of non-ortho nitro benzene ring substituents is 1. The molecule has 0 aliphatic rings. The van der Waals surface area contributed by atoms with E-state index in [9.17, 15) is 14.5 Å². The van der Waals surface area contributed by atoms with E-state index in [-0.39, 0.29) is 23.2 Å². The van der Waals surface area contributed by atoms with E-state index in [0.29, 0.717) is 10.0 Å². The first-order valence-electron chi connectivity index (χ1n) is 6.04. The first kappa shape index (κ1) is 15.4. The number of nitro groups is 1. The molecule has 2 aromatic rings. The second-order valence-corrected chi connectivity index (χ2v) is 5.40. The molecule has 0 spiro atoms. The van der Waals surface area contributed by atoms with Crippen molar-refractivity contribution in [1.82, 2.24) is 0 Å². The van der Waals surface area contributed by atoms with Crippen molar-refractivity contribution >= 4 is 21.6 Å². The van der Waals surface area contributed by atoms with Crippen LogP contribution in [-0.2, 0) is 0 Å². The van der Waals surface area contributed by atoms with Crippen LogP contribution in [0.4, 0.5) is 10.1 Å². The summed E-state index contributed by atoms with van der Waals surface area (Å²) < 4.78 is 19.8. The van der Waals surface area contributed by atoms with Crippen molar-refractivity contribution in [2.24, 2.45) is 5.73 Å². The Morgan fingerprint density at radius 1 is 1.33 bits per heavy atom. The fourth-order valence-corrected chi connectivity index (χ4v) is 2.18. The van der Waals surface area contributed by atoms with E-state index in [2.05, 4.69) is 15.9 Å². The molecule has 7 heteroatoms. The molecule has 0 fully saturated rings. The van der Waals surface area contributed by atoms with Gasteiger partial charge in [0.05, 0.1) is 11.0 Å². The Morgan fingerprint density at radius 2 is 2.05 bits per heavy atom. The predicted molar refractivity (Wildman–Crippen MR) is 79.9 cm³/mol. The van der Waals surface area contributed by atoms with Crippen LogP contribution in [0.15, 0.2) is 40.9 Å². The molecule has 0 saturated carbocycles. The van der Waals surface area contributed by atoms with E-state index in [1.807, 2.05) is 0 Å². The minimum Gasteiger partial charge on any atom is -0.454 e. The molecule has 2 aromatic carbocycles. The lowest BCUT2D eigenvalue weighted by atomic mass is 10.1. The van der Waals surface area contributed by atoms with E-state index in [4.69, 9.17) is 10.5 Å². The summed E-state index contributed by atoms with van der Waals surface area (Å²) in [6, 6.07) is 8.17. The van der Waals surface area contributed by atoms with E-state index in [0.717, 1.165) is 0 Å². The van der Waals surface area contributed by atoms with Gasteiger partial charge >= 0.3 is 0 Å². The van der Waals surface area contributed by atoms with Crippen LogP contribution in [0.5, 0.6) is 11.5 Å². The number of nitro benzene ring substituents is 1. The lowest BCUT2D eigenvalue weighted by Crippen LogP contribution is -2.05. The highest BCUT2D eigenvalue weighted by atomic mass is 79.9. The summed E-state index contributed by atoms with van der Waals surface area (Å²) in [6.07, 6.45) is 0. The molecule has 0 bridgehead atoms. The van der Waals surface area contributed by atoms with Crippen LogP contribution in [0, 0.1) is 15.9 Å². The molecule has 0 unspecified atom stereocenters. The largest absolute Gasteiger partial charge is 0.454 e. The van der Waals surface area contributed by atoms with Gasteiger partial charge in [-0.15, -0.1) is 0 Å². The van der Waals surface area contributed by atoms with Crippen molar-refractivity contribution in [3.63, 3.8) is 0 Å². The van der Waals surface area contributed by atoms with Crippen LogP contribution >= 0.6 is 15.9 Å². The van der Waals surface area contributed by atoms with Crippen molar-refractivity contribution in [1.29, 1.82) is 0 Å². The first-order valence-corrected chi connectivity index (χ1v) is 6.84. The summed E-state index contributed by atoms with van der Waals surface area (Å²) in [7, 11) is 0. The molecule has 5 nitrogen and oxygen atoms in total. The normalized spacial score (nSPS) is 12.0. The van der Waals surface area contributed by atoms with Crippen LogP contribution < -0.4 is 10.5 Å². The summed E-state index contributed by atoms with van der Waals surface area (Å²) in [4.78, 5) is 10.2. The summed E-state index contributed by atoms with van der Waals surface area (Å²) in [5.74, 6) is -0.428. The lowest BCUT2D eigenvalue weighted by molar-refractivity contribution is -0.385. The van der Waals surface area contributed by atoms with Gasteiger partial charge in [-0.3, -0.25) is 10.1 Å². The van der Waals surface area contributed by atoms with E-state index < -0.39 is 10.7 Å². The van der Waals surface area contributed by atoms with Crippen LogP contribution in [0.25, 0.3) is 0 Å². The SMILES string of the molecule is C[C@H](N)c1ccc(Oc2cc(Br)cc([N+](=O)[O-])c2)c(F)c1. The fourth-order valence-electron chi connectivity index (χ4n) is 1.72. The van der Waals surface area contributed by atoms with Crippen LogP contribution in [0.3, 0.4) is 0 Å². The molecule has 2 N–H and O–H groups in total. The van der Waals surface area contributed by atoms with Crippen molar-refractivity contribution in [2.45, 2.75) is 13.0 Å². The number of halogens is 2.